The summed E-state index contributed by atoms with van der Waals surface area (Å²) in [4.78, 5) is 26.5. The predicted octanol–water partition coefficient (Wildman–Crippen LogP) is 1.21. The Morgan fingerprint density at radius 3 is 2.70 bits per heavy atom. The summed E-state index contributed by atoms with van der Waals surface area (Å²) in [6.07, 6.45) is 6.59. The first kappa shape index (κ1) is 16.0. The number of imidazole rings is 1. The molecule has 0 aromatic carbocycles. The first-order valence-corrected chi connectivity index (χ1v) is 6.75. The van der Waals surface area contributed by atoms with Crippen molar-refractivity contribution in [3.8, 4) is 0 Å². The van der Waals surface area contributed by atoms with Gasteiger partial charge in [-0.15, -0.1) is 0 Å². The van der Waals surface area contributed by atoms with E-state index in [9.17, 15) is 9.59 Å². The van der Waals surface area contributed by atoms with Gasteiger partial charge in [0.15, 0.2) is 0 Å². The zero-order chi connectivity index (χ0) is 15.0. The molecule has 2 amide bonds. The average Bonchev–Trinajstić information content (AvgIpc) is 2.80. The van der Waals surface area contributed by atoms with Crippen molar-refractivity contribution in [2.24, 2.45) is 0 Å². The number of hydrogen-bond acceptors (Lipinski definition) is 3. The molecule has 0 saturated carbocycles. The highest BCUT2D eigenvalue weighted by molar-refractivity contribution is 5.75. The van der Waals surface area contributed by atoms with Crippen molar-refractivity contribution in [1.82, 2.24) is 20.2 Å². The fraction of sp³-hybridized carbons (Fsp3) is 0.615. The summed E-state index contributed by atoms with van der Waals surface area (Å²) in [5.74, 6) is -0.907. The van der Waals surface area contributed by atoms with Gasteiger partial charge >= 0.3 is 12.0 Å². The van der Waals surface area contributed by atoms with Crippen LogP contribution in [0.2, 0.25) is 0 Å². The number of nitrogens with zero attached hydrogens (tertiary/aromatic N) is 2. The van der Waals surface area contributed by atoms with Gasteiger partial charge in [0.1, 0.15) is 0 Å². The fourth-order valence-corrected chi connectivity index (χ4v) is 1.99. The summed E-state index contributed by atoms with van der Waals surface area (Å²) >= 11 is 0. The quantitative estimate of drug-likeness (QED) is 0.668. The van der Waals surface area contributed by atoms with E-state index >= 15 is 0 Å². The number of carbonyl (C=O) groups excluding carboxylic acids is 1. The Hall–Kier alpha value is -2.05. The van der Waals surface area contributed by atoms with E-state index < -0.39 is 5.97 Å². The molecule has 0 bridgehead atoms. The van der Waals surface area contributed by atoms with Crippen molar-refractivity contribution in [3.63, 3.8) is 0 Å². The van der Waals surface area contributed by atoms with Crippen molar-refractivity contribution in [2.45, 2.75) is 51.7 Å². The highest BCUT2D eigenvalue weighted by Crippen LogP contribution is 2.02. The maximum absolute atomic E-state index is 11.8. The molecule has 1 rings (SSSR count). The van der Waals surface area contributed by atoms with Crippen molar-refractivity contribution >= 4 is 12.0 Å². The summed E-state index contributed by atoms with van der Waals surface area (Å²) < 4.78 is 1.87. The number of nitrogens with one attached hydrogen (secondary N) is 2. The number of aromatic nitrogens is 2. The van der Waals surface area contributed by atoms with Gasteiger partial charge in [0.2, 0.25) is 0 Å². The number of amides is 2. The van der Waals surface area contributed by atoms with Crippen LogP contribution in [0, 0.1) is 0 Å². The summed E-state index contributed by atoms with van der Waals surface area (Å²) in [5.41, 5.74) is 0. The lowest BCUT2D eigenvalue weighted by molar-refractivity contribution is -0.137. The molecule has 0 aliphatic carbocycles. The SMILES string of the molecule is CCCC(CC(=O)O)NC(=O)NC(C)Cn1ccnc1. The lowest BCUT2D eigenvalue weighted by atomic mass is 10.1. The Kier molecular flexibility index (Phi) is 6.55. The minimum absolute atomic E-state index is 0.0584. The van der Waals surface area contributed by atoms with E-state index in [-0.39, 0.29) is 24.5 Å². The van der Waals surface area contributed by atoms with E-state index in [1.165, 1.54) is 0 Å². The highest BCUT2D eigenvalue weighted by atomic mass is 16.4. The molecule has 2 unspecified atom stereocenters. The second-order valence-electron chi connectivity index (χ2n) is 4.86. The molecular weight excluding hydrogens is 260 g/mol. The van der Waals surface area contributed by atoms with E-state index in [1.54, 1.807) is 12.5 Å². The monoisotopic (exact) mass is 282 g/mol. The number of hydrogen-bond donors (Lipinski definition) is 3. The molecule has 0 fully saturated rings. The summed E-state index contributed by atoms with van der Waals surface area (Å²) in [6, 6.07) is -0.744. The Bertz CT molecular complexity index is 419. The molecule has 2 atom stereocenters. The second kappa shape index (κ2) is 8.19. The van der Waals surface area contributed by atoms with Crippen LogP contribution in [0.15, 0.2) is 18.7 Å². The normalized spacial score (nSPS) is 13.5. The zero-order valence-corrected chi connectivity index (χ0v) is 11.9. The number of carboxylic acid groups (broad SMARTS) is 1. The van der Waals surface area contributed by atoms with Crippen LogP contribution in [-0.2, 0) is 11.3 Å². The fourth-order valence-electron chi connectivity index (χ4n) is 1.99. The van der Waals surface area contributed by atoms with Gasteiger partial charge in [-0.25, -0.2) is 9.78 Å². The molecule has 7 nitrogen and oxygen atoms in total. The molecule has 0 aliphatic heterocycles. The van der Waals surface area contributed by atoms with Crippen LogP contribution in [0.1, 0.15) is 33.1 Å². The molecule has 0 aliphatic rings. The number of carboxylic acids is 1. The highest BCUT2D eigenvalue weighted by Gasteiger charge is 2.16. The molecule has 1 heterocycles. The van der Waals surface area contributed by atoms with Gasteiger partial charge in [-0.05, 0) is 13.3 Å². The minimum Gasteiger partial charge on any atom is -0.481 e. The van der Waals surface area contributed by atoms with Crippen LogP contribution in [0.25, 0.3) is 0 Å². The third-order valence-corrected chi connectivity index (χ3v) is 2.81. The Labute approximate surface area is 118 Å². The number of urea groups is 1. The first-order chi connectivity index (χ1) is 9.51. The van der Waals surface area contributed by atoms with Gasteiger partial charge in [-0.3, -0.25) is 4.79 Å². The van der Waals surface area contributed by atoms with Gasteiger partial charge in [0.05, 0.1) is 12.7 Å². The van der Waals surface area contributed by atoms with Gasteiger partial charge in [-0.1, -0.05) is 13.3 Å². The van der Waals surface area contributed by atoms with Crippen LogP contribution in [0.4, 0.5) is 4.79 Å². The van der Waals surface area contributed by atoms with Crippen molar-refractivity contribution in [3.05, 3.63) is 18.7 Å². The topological polar surface area (TPSA) is 96.3 Å². The van der Waals surface area contributed by atoms with Gasteiger partial charge in [0.25, 0.3) is 0 Å². The van der Waals surface area contributed by atoms with E-state index in [2.05, 4.69) is 15.6 Å². The molecule has 1 aromatic rings. The number of aliphatic carboxylic acids is 1. The maximum atomic E-state index is 11.8. The van der Waals surface area contributed by atoms with Crippen LogP contribution >= 0.6 is 0 Å². The maximum Gasteiger partial charge on any atom is 0.315 e. The zero-order valence-electron chi connectivity index (χ0n) is 11.9. The average molecular weight is 282 g/mol. The Morgan fingerprint density at radius 2 is 2.15 bits per heavy atom. The Balaban J connectivity index is 2.38. The van der Waals surface area contributed by atoms with Gasteiger partial charge < -0.3 is 20.3 Å². The van der Waals surface area contributed by atoms with Crippen LogP contribution in [0.3, 0.4) is 0 Å². The van der Waals surface area contributed by atoms with E-state index in [4.69, 9.17) is 5.11 Å². The predicted molar refractivity (Wildman–Crippen MR) is 74.3 cm³/mol. The molecule has 3 N–H and O–H groups in total. The second-order valence-corrected chi connectivity index (χ2v) is 4.86. The first-order valence-electron chi connectivity index (χ1n) is 6.75. The van der Waals surface area contributed by atoms with Crippen molar-refractivity contribution < 1.29 is 14.7 Å². The van der Waals surface area contributed by atoms with E-state index in [0.29, 0.717) is 13.0 Å². The molecule has 112 valence electrons. The number of rotatable bonds is 8. The lowest BCUT2D eigenvalue weighted by Gasteiger charge is -2.19. The molecule has 7 heteroatoms. The molecule has 0 spiro atoms. The smallest absolute Gasteiger partial charge is 0.315 e. The summed E-state index contributed by atoms with van der Waals surface area (Å²) in [7, 11) is 0. The van der Waals surface area contributed by atoms with Crippen LogP contribution < -0.4 is 10.6 Å². The largest absolute Gasteiger partial charge is 0.481 e. The van der Waals surface area contributed by atoms with Gasteiger partial charge in [-0.2, -0.15) is 0 Å². The summed E-state index contributed by atoms with van der Waals surface area (Å²) in [5, 5.41) is 14.3. The Morgan fingerprint density at radius 1 is 1.40 bits per heavy atom. The molecular formula is C13H22N4O3. The van der Waals surface area contributed by atoms with Crippen LogP contribution in [-0.4, -0.2) is 38.7 Å². The molecule has 0 saturated heterocycles. The summed E-state index contributed by atoms with van der Waals surface area (Å²) in [6.45, 7) is 4.45. The van der Waals surface area contributed by atoms with Crippen molar-refractivity contribution in [2.75, 3.05) is 0 Å². The number of carbonyl (C=O) groups is 2. The molecule has 1 aromatic heterocycles. The standard InChI is InChI=1S/C13H22N4O3/c1-3-4-11(7-12(18)19)16-13(20)15-10(2)8-17-6-5-14-9-17/h5-6,9-11H,3-4,7-8H2,1-2H3,(H,18,19)(H2,15,16,20). The third kappa shape index (κ3) is 6.21. The molecule has 20 heavy (non-hydrogen) atoms. The lowest BCUT2D eigenvalue weighted by Crippen LogP contribution is -2.47. The van der Waals surface area contributed by atoms with Crippen LogP contribution in [0.5, 0.6) is 0 Å². The minimum atomic E-state index is -0.907. The van der Waals surface area contributed by atoms with Crippen molar-refractivity contribution in [1.29, 1.82) is 0 Å². The van der Waals surface area contributed by atoms with E-state index in [1.807, 2.05) is 24.6 Å². The van der Waals surface area contributed by atoms with E-state index in [0.717, 1.165) is 6.42 Å². The molecule has 0 radical (unpaired) electrons. The van der Waals surface area contributed by atoms with Gasteiger partial charge in [0, 0.05) is 31.0 Å². The third-order valence-electron chi connectivity index (χ3n) is 2.81.